The summed E-state index contributed by atoms with van der Waals surface area (Å²) >= 11 is 1.48. The number of thioether (sulfide) groups is 1. The van der Waals surface area contributed by atoms with Crippen LogP contribution in [0.4, 0.5) is 5.69 Å². The van der Waals surface area contributed by atoms with Crippen LogP contribution in [-0.2, 0) is 14.3 Å². The third kappa shape index (κ3) is 4.95. The van der Waals surface area contributed by atoms with Crippen LogP contribution >= 0.6 is 11.8 Å². The number of esters is 1. The second kappa shape index (κ2) is 10.3. The van der Waals surface area contributed by atoms with Crippen molar-refractivity contribution in [3.63, 3.8) is 0 Å². The lowest BCUT2D eigenvalue weighted by Gasteiger charge is -2.23. The summed E-state index contributed by atoms with van der Waals surface area (Å²) in [7, 11) is 1.51. The molecule has 1 unspecified atom stereocenters. The Hall–Kier alpha value is -3.29. The number of aromatic nitrogens is 1. The van der Waals surface area contributed by atoms with Gasteiger partial charge in [0.15, 0.2) is 0 Å². The van der Waals surface area contributed by atoms with E-state index in [4.69, 9.17) is 14.7 Å². The molecule has 1 aromatic heterocycles. The highest BCUT2D eigenvalue weighted by Gasteiger charge is 2.37. The maximum Gasteiger partial charge on any atom is 0.340 e. The van der Waals surface area contributed by atoms with Crippen molar-refractivity contribution in [2.45, 2.75) is 19.9 Å². The summed E-state index contributed by atoms with van der Waals surface area (Å²) in [5, 5.41) is 11.7. The first-order valence-corrected chi connectivity index (χ1v) is 11.1. The molecule has 32 heavy (non-hydrogen) atoms. The highest BCUT2D eigenvalue weighted by atomic mass is 32.2. The first-order valence-electron chi connectivity index (χ1n) is 9.92. The van der Waals surface area contributed by atoms with Crippen molar-refractivity contribution in [1.82, 2.24) is 9.88 Å². The summed E-state index contributed by atoms with van der Waals surface area (Å²) in [6, 6.07) is 7.87. The Kier molecular flexibility index (Phi) is 7.56. The quantitative estimate of drug-likeness (QED) is 0.484. The van der Waals surface area contributed by atoms with Gasteiger partial charge in [-0.25, -0.2) is 4.79 Å². The molecule has 9 nitrogen and oxygen atoms in total. The number of carbonyl (C=O) groups excluding carboxylic acids is 3. The first kappa shape index (κ1) is 23.4. The van der Waals surface area contributed by atoms with Crippen LogP contribution in [0, 0.1) is 25.2 Å². The van der Waals surface area contributed by atoms with Gasteiger partial charge in [-0.15, -0.1) is 11.8 Å². The Bertz CT molecular complexity index is 1060. The zero-order valence-corrected chi connectivity index (χ0v) is 18.9. The summed E-state index contributed by atoms with van der Waals surface area (Å²) in [4.78, 5) is 43.0. The number of hydrogen-bond donors (Lipinski definition) is 2. The molecule has 1 fully saturated rings. The van der Waals surface area contributed by atoms with Crippen molar-refractivity contribution in [3.8, 4) is 6.07 Å². The van der Waals surface area contributed by atoms with E-state index in [1.54, 1.807) is 38.1 Å². The number of nitrogens with zero attached hydrogens (tertiary/aromatic N) is 2. The predicted octanol–water partition coefficient (Wildman–Crippen LogP) is 2.46. The van der Waals surface area contributed by atoms with E-state index in [0.29, 0.717) is 39.7 Å². The second-order valence-electron chi connectivity index (χ2n) is 7.22. The average Bonchev–Trinajstić information content (AvgIpc) is 3.38. The van der Waals surface area contributed by atoms with Crippen LogP contribution in [-0.4, -0.2) is 65.7 Å². The minimum atomic E-state index is -0.664. The number of anilines is 1. The maximum absolute atomic E-state index is 13.3. The highest BCUT2D eigenvalue weighted by Crippen LogP contribution is 2.27. The fourth-order valence-electron chi connectivity index (χ4n) is 3.42. The molecule has 2 aromatic rings. The normalized spacial score (nSPS) is 15.3. The van der Waals surface area contributed by atoms with Crippen molar-refractivity contribution in [1.29, 1.82) is 5.26 Å². The summed E-state index contributed by atoms with van der Waals surface area (Å²) in [6.45, 7) is 3.77. The standard InChI is InChI=1S/C22H24N4O5S/c1-13-18(22(29)31-9-8-30-3)14(2)24-19(13)21(28)26-12-32-11-17(26)20(27)25-16-6-4-15(10-23)5-7-16/h4-7,17,24H,8-9,11-12H2,1-3H3,(H,25,27). The number of nitriles is 1. The number of methoxy groups -OCH3 is 1. The maximum atomic E-state index is 13.3. The van der Waals surface area contributed by atoms with Crippen LogP contribution in [0.2, 0.25) is 0 Å². The Balaban J connectivity index is 1.75. The largest absolute Gasteiger partial charge is 0.460 e. The van der Waals surface area contributed by atoms with Crippen molar-refractivity contribution in [2.75, 3.05) is 37.3 Å². The minimum Gasteiger partial charge on any atom is -0.460 e. The predicted molar refractivity (Wildman–Crippen MR) is 119 cm³/mol. The topological polar surface area (TPSA) is 125 Å². The van der Waals surface area contributed by atoms with Gasteiger partial charge in [0.1, 0.15) is 18.3 Å². The molecule has 168 valence electrons. The number of benzene rings is 1. The molecular formula is C22H24N4O5S. The number of nitrogens with one attached hydrogen (secondary N) is 2. The van der Waals surface area contributed by atoms with Crippen LogP contribution in [0.15, 0.2) is 24.3 Å². The van der Waals surface area contributed by atoms with Gasteiger partial charge in [0.05, 0.1) is 29.7 Å². The minimum absolute atomic E-state index is 0.114. The van der Waals surface area contributed by atoms with E-state index in [1.165, 1.54) is 23.8 Å². The van der Waals surface area contributed by atoms with E-state index in [9.17, 15) is 14.4 Å². The number of aromatic amines is 1. The molecule has 1 aliphatic heterocycles. The number of amides is 2. The molecule has 0 saturated carbocycles. The number of rotatable bonds is 7. The lowest BCUT2D eigenvalue weighted by atomic mass is 10.1. The third-order valence-electron chi connectivity index (χ3n) is 5.10. The Labute approximate surface area is 190 Å². The van der Waals surface area contributed by atoms with Crippen LogP contribution in [0.1, 0.15) is 37.7 Å². The van der Waals surface area contributed by atoms with Gasteiger partial charge in [-0.1, -0.05) is 0 Å². The molecule has 0 spiro atoms. The third-order valence-corrected chi connectivity index (χ3v) is 6.12. The van der Waals surface area contributed by atoms with Gasteiger partial charge >= 0.3 is 5.97 Å². The molecular weight excluding hydrogens is 432 g/mol. The van der Waals surface area contributed by atoms with Gasteiger partial charge in [-0.3, -0.25) is 9.59 Å². The highest BCUT2D eigenvalue weighted by molar-refractivity contribution is 7.99. The van der Waals surface area contributed by atoms with E-state index in [0.717, 1.165) is 0 Å². The molecule has 2 heterocycles. The monoisotopic (exact) mass is 456 g/mol. The summed E-state index contributed by atoms with van der Waals surface area (Å²) in [6.07, 6.45) is 0. The molecule has 0 bridgehead atoms. The number of hydrogen-bond acceptors (Lipinski definition) is 7. The summed E-state index contributed by atoms with van der Waals surface area (Å²) in [5.41, 5.74) is 2.63. The number of carbonyl (C=O) groups is 3. The Morgan fingerprint density at radius 3 is 2.62 bits per heavy atom. The molecule has 1 saturated heterocycles. The Morgan fingerprint density at radius 2 is 1.97 bits per heavy atom. The number of H-pyrrole nitrogens is 1. The molecule has 0 radical (unpaired) electrons. The van der Waals surface area contributed by atoms with Gasteiger partial charge in [0.2, 0.25) is 5.91 Å². The summed E-state index contributed by atoms with van der Waals surface area (Å²) in [5.74, 6) is -0.383. The summed E-state index contributed by atoms with van der Waals surface area (Å²) < 4.78 is 10.1. The number of aryl methyl sites for hydroxylation is 1. The fraction of sp³-hybridized carbons (Fsp3) is 0.364. The van der Waals surface area contributed by atoms with Gasteiger partial charge in [-0.05, 0) is 43.7 Å². The Morgan fingerprint density at radius 1 is 1.25 bits per heavy atom. The first-order chi connectivity index (χ1) is 15.4. The molecule has 1 aromatic carbocycles. The molecule has 3 rings (SSSR count). The second-order valence-corrected chi connectivity index (χ2v) is 8.22. The smallest absolute Gasteiger partial charge is 0.340 e. The molecule has 2 N–H and O–H groups in total. The van der Waals surface area contributed by atoms with Crippen molar-refractivity contribution >= 4 is 35.2 Å². The van der Waals surface area contributed by atoms with Crippen molar-refractivity contribution in [2.24, 2.45) is 0 Å². The van der Waals surface area contributed by atoms with E-state index < -0.39 is 12.0 Å². The van der Waals surface area contributed by atoms with Crippen LogP contribution in [0.3, 0.4) is 0 Å². The van der Waals surface area contributed by atoms with Crippen LogP contribution < -0.4 is 5.32 Å². The van der Waals surface area contributed by atoms with Gasteiger partial charge in [-0.2, -0.15) is 5.26 Å². The van der Waals surface area contributed by atoms with E-state index in [-0.39, 0.29) is 30.7 Å². The van der Waals surface area contributed by atoms with Crippen molar-refractivity contribution < 1.29 is 23.9 Å². The molecule has 2 amide bonds. The lowest BCUT2D eigenvalue weighted by Crippen LogP contribution is -2.44. The molecule has 0 aliphatic carbocycles. The zero-order valence-electron chi connectivity index (χ0n) is 18.1. The lowest BCUT2D eigenvalue weighted by molar-refractivity contribution is -0.119. The van der Waals surface area contributed by atoms with Gasteiger partial charge in [0, 0.05) is 24.2 Å². The zero-order chi connectivity index (χ0) is 23.3. The van der Waals surface area contributed by atoms with E-state index >= 15 is 0 Å². The van der Waals surface area contributed by atoms with Crippen LogP contribution in [0.5, 0.6) is 0 Å². The van der Waals surface area contributed by atoms with E-state index in [2.05, 4.69) is 10.3 Å². The van der Waals surface area contributed by atoms with Crippen LogP contribution in [0.25, 0.3) is 0 Å². The van der Waals surface area contributed by atoms with Crippen molar-refractivity contribution in [3.05, 3.63) is 52.3 Å². The SMILES string of the molecule is COCCOC(=O)c1c(C)[nH]c(C(=O)N2CSCC2C(=O)Nc2ccc(C#N)cc2)c1C. The number of ether oxygens (including phenoxy) is 2. The average molecular weight is 457 g/mol. The van der Waals surface area contributed by atoms with Gasteiger partial charge < -0.3 is 24.7 Å². The van der Waals surface area contributed by atoms with Gasteiger partial charge in [0.25, 0.3) is 5.91 Å². The fourth-order valence-corrected chi connectivity index (χ4v) is 4.57. The van der Waals surface area contributed by atoms with E-state index in [1.807, 2.05) is 6.07 Å². The molecule has 1 atom stereocenters. The molecule has 1 aliphatic rings. The molecule has 10 heteroatoms.